The van der Waals surface area contributed by atoms with E-state index in [0.717, 1.165) is 11.8 Å². The van der Waals surface area contributed by atoms with E-state index < -0.39 is 0 Å². The summed E-state index contributed by atoms with van der Waals surface area (Å²) in [4.78, 5) is 0. The maximum Gasteiger partial charge on any atom is 0.0762 e. The maximum atomic E-state index is 4.78. The lowest BCUT2D eigenvalue weighted by atomic mass is 9.96. The van der Waals surface area contributed by atoms with Crippen molar-refractivity contribution in [2.45, 2.75) is 75.2 Å². The van der Waals surface area contributed by atoms with Gasteiger partial charge in [-0.05, 0) is 44.4 Å². The van der Waals surface area contributed by atoms with Crippen molar-refractivity contribution in [2.24, 2.45) is 0 Å². The molecule has 0 amide bonds. The van der Waals surface area contributed by atoms with E-state index in [9.17, 15) is 0 Å². The fraction of sp³-hybridized carbons (Fsp3) is 0.812. The van der Waals surface area contributed by atoms with E-state index in [1.54, 1.807) is 0 Å². The summed E-state index contributed by atoms with van der Waals surface area (Å²) in [6, 6.07) is 3.56. The first-order valence-corrected chi connectivity index (χ1v) is 9.44. The number of aromatic nitrogens is 2. The fourth-order valence-corrected chi connectivity index (χ4v) is 4.41. The Kier molecular flexibility index (Phi) is 5.05. The molecule has 1 aromatic heterocycles. The number of nitrogens with one attached hydrogen (secondary N) is 1. The van der Waals surface area contributed by atoms with Gasteiger partial charge in [0.05, 0.1) is 11.7 Å². The summed E-state index contributed by atoms with van der Waals surface area (Å²) in [5, 5.41) is 9.34. The van der Waals surface area contributed by atoms with Crippen LogP contribution in [0.15, 0.2) is 12.3 Å². The third-order valence-corrected chi connectivity index (χ3v) is 6.00. The molecule has 4 heteroatoms. The molecule has 0 aliphatic heterocycles. The smallest absolute Gasteiger partial charge is 0.0762 e. The number of hydrogen-bond donors (Lipinski definition) is 1. The molecule has 1 heterocycles. The highest BCUT2D eigenvalue weighted by molar-refractivity contribution is 7.99. The monoisotopic (exact) mass is 293 g/mol. The molecule has 20 heavy (non-hydrogen) atoms. The van der Waals surface area contributed by atoms with E-state index in [1.165, 1.54) is 57.1 Å². The van der Waals surface area contributed by atoms with Gasteiger partial charge in [-0.1, -0.05) is 19.3 Å². The molecular formula is C16H27N3S. The van der Waals surface area contributed by atoms with Crippen LogP contribution in [-0.4, -0.2) is 27.3 Å². The van der Waals surface area contributed by atoms with Crippen LogP contribution in [0.25, 0.3) is 0 Å². The minimum Gasteiger partial charge on any atom is -0.308 e. The van der Waals surface area contributed by atoms with Gasteiger partial charge < -0.3 is 5.32 Å². The zero-order valence-electron chi connectivity index (χ0n) is 12.6. The Labute approximate surface area is 126 Å². The molecule has 2 unspecified atom stereocenters. The van der Waals surface area contributed by atoms with Crippen molar-refractivity contribution >= 4 is 11.8 Å². The normalized spacial score (nSPS) is 28.1. The molecule has 2 aliphatic rings. The van der Waals surface area contributed by atoms with Gasteiger partial charge in [-0.2, -0.15) is 16.9 Å². The van der Waals surface area contributed by atoms with Gasteiger partial charge >= 0.3 is 0 Å². The lowest BCUT2D eigenvalue weighted by Gasteiger charge is -2.21. The predicted octanol–water partition coefficient (Wildman–Crippen LogP) is 3.76. The molecule has 112 valence electrons. The summed E-state index contributed by atoms with van der Waals surface area (Å²) < 4.78 is 2.22. The van der Waals surface area contributed by atoms with Crippen LogP contribution >= 0.6 is 11.8 Å². The largest absolute Gasteiger partial charge is 0.308 e. The van der Waals surface area contributed by atoms with Gasteiger partial charge in [-0.3, -0.25) is 4.68 Å². The van der Waals surface area contributed by atoms with Crippen molar-refractivity contribution in [1.29, 1.82) is 0 Å². The van der Waals surface area contributed by atoms with Crippen LogP contribution in [0.1, 0.15) is 63.1 Å². The summed E-state index contributed by atoms with van der Waals surface area (Å²) in [6.45, 7) is 0.936. The van der Waals surface area contributed by atoms with Crippen LogP contribution in [0.5, 0.6) is 0 Å². The molecule has 3 rings (SSSR count). The summed E-state index contributed by atoms with van der Waals surface area (Å²) >= 11 is 2.02. The van der Waals surface area contributed by atoms with Crippen molar-refractivity contribution < 1.29 is 0 Å². The Morgan fingerprint density at radius 3 is 2.85 bits per heavy atom. The molecule has 3 nitrogen and oxygen atoms in total. The van der Waals surface area contributed by atoms with E-state index >= 15 is 0 Å². The minimum atomic E-state index is 0.657. The molecule has 2 atom stereocenters. The number of nitrogens with zero attached hydrogens (tertiary/aromatic N) is 2. The first kappa shape index (κ1) is 14.5. The molecule has 0 radical (unpaired) electrons. The topological polar surface area (TPSA) is 29.9 Å². The predicted molar refractivity (Wildman–Crippen MR) is 86.1 cm³/mol. The molecule has 0 bridgehead atoms. The molecule has 2 saturated carbocycles. The van der Waals surface area contributed by atoms with Crippen LogP contribution in [0.2, 0.25) is 0 Å². The quantitative estimate of drug-likeness (QED) is 0.896. The van der Waals surface area contributed by atoms with Crippen molar-refractivity contribution in [3.05, 3.63) is 18.0 Å². The Balaban J connectivity index is 1.47. The molecule has 1 N–H and O–H groups in total. The SMILES string of the molecule is CSC1CCC(NCc2ccn(C3CCCCC3)n2)C1. The second-order valence-electron chi connectivity index (χ2n) is 6.33. The van der Waals surface area contributed by atoms with E-state index in [4.69, 9.17) is 5.10 Å². The van der Waals surface area contributed by atoms with E-state index in [-0.39, 0.29) is 0 Å². The highest BCUT2D eigenvalue weighted by atomic mass is 32.2. The maximum absolute atomic E-state index is 4.78. The standard InChI is InChI=1S/C16H27N3S/c1-20-16-8-7-13(11-16)17-12-14-9-10-19(18-14)15-5-3-2-4-6-15/h9-10,13,15-17H,2-8,11-12H2,1H3. The zero-order chi connectivity index (χ0) is 13.8. The van der Waals surface area contributed by atoms with Gasteiger partial charge in [0.25, 0.3) is 0 Å². The van der Waals surface area contributed by atoms with Crippen LogP contribution in [-0.2, 0) is 6.54 Å². The van der Waals surface area contributed by atoms with E-state index in [0.29, 0.717) is 12.1 Å². The van der Waals surface area contributed by atoms with Crippen molar-refractivity contribution in [3.63, 3.8) is 0 Å². The first-order chi connectivity index (χ1) is 9.85. The molecular weight excluding hydrogens is 266 g/mol. The summed E-state index contributed by atoms with van der Waals surface area (Å²) in [7, 11) is 0. The number of rotatable bonds is 5. The highest BCUT2D eigenvalue weighted by Crippen LogP contribution is 2.29. The molecule has 2 aliphatic carbocycles. The summed E-state index contributed by atoms with van der Waals surface area (Å²) in [5.41, 5.74) is 1.21. The zero-order valence-corrected chi connectivity index (χ0v) is 13.4. The van der Waals surface area contributed by atoms with Crippen molar-refractivity contribution in [3.8, 4) is 0 Å². The molecule has 0 aromatic carbocycles. The van der Waals surface area contributed by atoms with Gasteiger partial charge in [0.2, 0.25) is 0 Å². The summed E-state index contributed by atoms with van der Waals surface area (Å²) in [6.07, 6.45) is 15.2. The summed E-state index contributed by atoms with van der Waals surface area (Å²) in [5.74, 6) is 0. The highest BCUT2D eigenvalue weighted by Gasteiger charge is 2.23. The van der Waals surface area contributed by atoms with Gasteiger partial charge in [-0.15, -0.1) is 0 Å². The Bertz CT molecular complexity index is 412. The fourth-order valence-electron chi connectivity index (χ4n) is 3.61. The molecule has 0 spiro atoms. The average molecular weight is 293 g/mol. The minimum absolute atomic E-state index is 0.657. The van der Waals surface area contributed by atoms with Crippen molar-refractivity contribution in [1.82, 2.24) is 15.1 Å². The second-order valence-corrected chi connectivity index (χ2v) is 7.47. The third-order valence-electron chi connectivity index (χ3n) is 4.90. The van der Waals surface area contributed by atoms with Gasteiger partial charge in [-0.25, -0.2) is 0 Å². The Hall–Kier alpha value is -0.480. The third kappa shape index (κ3) is 3.59. The van der Waals surface area contributed by atoms with Gasteiger partial charge in [0.15, 0.2) is 0 Å². The van der Waals surface area contributed by atoms with E-state index in [1.807, 2.05) is 11.8 Å². The Morgan fingerprint density at radius 1 is 1.25 bits per heavy atom. The lowest BCUT2D eigenvalue weighted by Crippen LogP contribution is -2.26. The van der Waals surface area contributed by atoms with E-state index in [2.05, 4.69) is 28.5 Å². The number of hydrogen-bond acceptors (Lipinski definition) is 3. The molecule has 0 saturated heterocycles. The van der Waals surface area contributed by atoms with Gasteiger partial charge in [0.1, 0.15) is 0 Å². The van der Waals surface area contributed by atoms with Crippen LogP contribution in [0, 0.1) is 0 Å². The second kappa shape index (κ2) is 6.99. The molecule has 1 aromatic rings. The van der Waals surface area contributed by atoms with Crippen LogP contribution in [0.3, 0.4) is 0 Å². The molecule has 2 fully saturated rings. The lowest BCUT2D eigenvalue weighted by molar-refractivity contribution is 0.327. The Morgan fingerprint density at radius 2 is 2.10 bits per heavy atom. The number of thioether (sulfide) groups is 1. The van der Waals surface area contributed by atoms with Gasteiger partial charge in [0, 0.05) is 24.0 Å². The average Bonchev–Trinajstić information content (AvgIpc) is 3.15. The van der Waals surface area contributed by atoms with Crippen LogP contribution < -0.4 is 5.32 Å². The first-order valence-electron chi connectivity index (χ1n) is 8.15. The van der Waals surface area contributed by atoms with Crippen LogP contribution in [0.4, 0.5) is 0 Å². The van der Waals surface area contributed by atoms with Crippen molar-refractivity contribution in [2.75, 3.05) is 6.26 Å².